The number of methoxy groups -OCH3 is 2. The molecule has 0 saturated carbocycles. The second kappa shape index (κ2) is 9.91. The molecule has 32 heavy (non-hydrogen) atoms. The maximum atomic E-state index is 12.9. The first-order valence-electron chi connectivity index (χ1n) is 10.8. The van der Waals surface area contributed by atoms with Crippen LogP contribution in [0.15, 0.2) is 53.3 Å². The summed E-state index contributed by atoms with van der Waals surface area (Å²) in [6.45, 7) is 1.88. The number of hydrogen-bond acceptors (Lipinski definition) is 7. The molecule has 1 saturated heterocycles. The van der Waals surface area contributed by atoms with Crippen molar-refractivity contribution in [2.24, 2.45) is 0 Å². The van der Waals surface area contributed by atoms with Gasteiger partial charge in [0.05, 0.1) is 13.5 Å². The number of nitrogens with zero attached hydrogens (tertiary/aromatic N) is 4. The molecule has 3 heterocycles. The molecule has 0 spiro atoms. The third kappa shape index (κ3) is 4.80. The molecule has 3 aromatic rings. The van der Waals surface area contributed by atoms with Gasteiger partial charge < -0.3 is 18.9 Å². The Kier molecular flexibility index (Phi) is 6.80. The van der Waals surface area contributed by atoms with Crippen molar-refractivity contribution in [1.82, 2.24) is 20.0 Å². The molecule has 8 nitrogen and oxygen atoms in total. The molecule has 4 rings (SSSR count). The van der Waals surface area contributed by atoms with E-state index in [4.69, 9.17) is 19.0 Å². The van der Waals surface area contributed by atoms with Crippen molar-refractivity contribution in [3.8, 4) is 17.2 Å². The Morgan fingerprint density at radius 2 is 1.94 bits per heavy atom. The lowest BCUT2D eigenvalue weighted by atomic mass is 9.75. The van der Waals surface area contributed by atoms with E-state index < -0.39 is 0 Å². The van der Waals surface area contributed by atoms with E-state index in [2.05, 4.69) is 10.1 Å². The third-order valence-electron chi connectivity index (χ3n) is 6.18. The second-order valence-corrected chi connectivity index (χ2v) is 8.09. The maximum absolute atomic E-state index is 12.9. The smallest absolute Gasteiger partial charge is 0.258 e. The van der Waals surface area contributed by atoms with Gasteiger partial charge in [-0.3, -0.25) is 9.78 Å². The first-order chi connectivity index (χ1) is 15.6. The zero-order chi connectivity index (χ0) is 22.4. The fourth-order valence-corrected chi connectivity index (χ4v) is 4.19. The van der Waals surface area contributed by atoms with E-state index >= 15 is 0 Å². The van der Waals surface area contributed by atoms with Crippen LogP contribution in [0.2, 0.25) is 0 Å². The number of carbonyl (C=O) groups excluding carboxylic acids is 1. The number of pyridine rings is 1. The third-order valence-corrected chi connectivity index (χ3v) is 6.18. The van der Waals surface area contributed by atoms with Gasteiger partial charge >= 0.3 is 0 Å². The molecule has 1 fully saturated rings. The fraction of sp³-hybridized carbons (Fsp3) is 0.417. The largest absolute Gasteiger partial charge is 0.497 e. The number of rotatable bonds is 8. The zero-order valence-electron chi connectivity index (χ0n) is 18.5. The van der Waals surface area contributed by atoms with Crippen molar-refractivity contribution in [2.75, 3.05) is 33.9 Å². The standard InChI is InChI=1S/C24H28N4O4/c1-30-15-10-24(23-26-22(32-27-23)19-6-11-25-12-7-19)8-13-28(14-9-24)21(29)17-18-4-3-5-20(16-18)31-2/h3-7,11-12,16H,8-10,13-15,17H2,1-2H3. The predicted octanol–water partition coefficient (Wildman–Crippen LogP) is 3.28. The Morgan fingerprint density at radius 1 is 1.16 bits per heavy atom. The highest BCUT2D eigenvalue weighted by atomic mass is 16.5. The first-order valence-corrected chi connectivity index (χ1v) is 10.8. The summed E-state index contributed by atoms with van der Waals surface area (Å²) in [5, 5.41) is 4.32. The van der Waals surface area contributed by atoms with E-state index in [0.29, 0.717) is 37.8 Å². The van der Waals surface area contributed by atoms with Crippen LogP contribution in [0.3, 0.4) is 0 Å². The van der Waals surface area contributed by atoms with Crippen LogP contribution in [-0.2, 0) is 21.4 Å². The van der Waals surface area contributed by atoms with E-state index in [1.165, 1.54) is 0 Å². The first kappa shape index (κ1) is 22.0. The van der Waals surface area contributed by atoms with Gasteiger partial charge in [0.1, 0.15) is 5.75 Å². The summed E-state index contributed by atoms with van der Waals surface area (Å²) in [6, 6.07) is 11.3. The number of likely N-dealkylation sites (tertiary alicyclic amines) is 1. The molecule has 0 N–H and O–H groups in total. The van der Waals surface area contributed by atoms with Gasteiger partial charge in [-0.25, -0.2) is 0 Å². The maximum Gasteiger partial charge on any atom is 0.258 e. The molecule has 2 aromatic heterocycles. The second-order valence-electron chi connectivity index (χ2n) is 8.09. The number of amides is 1. The Hall–Kier alpha value is -3.26. The molecule has 0 bridgehead atoms. The summed E-state index contributed by atoms with van der Waals surface area (Å²) in [7, 11) is 3.32. The number of ether oxygens (including phenoxy) is 2. The van der Waals surface area contributed by atoms with Crippen LogP contribution < -0.4 is 4.74 Å². The molecule has 0 unspecified atom stereocenters. The van der Waals surface area contributed by atoms with E-state index in [-0.39, 0.29) is 11.3 Å². The molecule has 1 aliphatic rings. The minimum absolute atomic E-state index is 0.115. The highest BCUT2D eigenvalue weighted by Crippen LogP contribution is 2.38. The van der Waals surface area contributed by atoms with Crippen LogP contribution in [0.4, 0.5) is 0 Å². The van der Waals surface area contributed by atoms with Crippen LogP contribution in [0.1, 0.15) is 30.7 Å². The van der Waals surface area contributed by atoms with Crippen LogP contribution in [0.25, 0.3) is 11.5 Å². The Labute approximate surface area is 187 Å². The zero-order valence-corrected chi connectivity index (χ0v) is 18.5. The lowest BCUT2D eigenvalue weighted by Crippen LogP contribution is -2.46. The lowest BCUT2D eigenvalue weighted by Gasteiger charge is -2.39. The quantitative estimate of drug-likeness (QED) is 0.535. The molecular weight excluding hydrogens is 408 g/mol. The molecule has 0 aliphatic carbocycles. The summed E-state index contributed by atoms with van der Waals surface area (Å²) < 4.78 is 16.2. The number of benzene rings is 1. The molecule has 8 heteroatoms. The van der Waals surface area contributed by atoms with E-state index in [9.17, 15) is 4.79 Å². The van der Waals surface area contributed by atoms with Gasteiger partial charge in [-0.05, 0) is 49.1 Å². The van der Waals surface area contributed by atoms with Gasteiger partial charge in [0.15, 0.2) is 5.82 Å². The average molecular weight is 437 g/mol. The van der Waals surface area contributed by atoms with Crippen LogP contribution in [0.5, 0.6) is 5.75 Å². The number of aromatic nitrogens is 3. The van der Waals surface area contributed by atoms with Crippen LogP contribution >= 0.6 is 0 Å². The minimum Gasteiger partial charge on any atom is -0.497 e. The van der Waals surface area contributed by atoms with Crippen LogP contribution in [0, 0.1) is 0 Å². The van der Waals surface area contributed by atoms with Gasteiger partial charge in [0, 0.05) is 50.2 Å². The summed E-state index contributed by atoms with van der Waals surface area (Å²) in [4.78, 5) is 23.6. The SMILES string of the molecule is COCCC1(c2noc(-c3ccncc3)n2)CCN(C(=O)Cc2cccc(OC)c2)CC1. The van der Waals surface area contributed by atoms with Gasteiger partial charge in [0.25, 0.3) is 5.89 Å². The highest BCUT2D eigenvalue weighted by Gasteiger charge is 2.41. The van der Waals surface area contributed by atoms with E-state index in [0.717, 1.165) is 36.1 Å². The molecule has 0 radical (unpaired) electrons. The topological polar surface area (TPSA) is 90.6 Å². The summed E-state index contributed by atoms with van der Waals surface area (Å²) in [5.74, 6) is 2.04. The lowest BCUT2D eigenvalue weighted by molar-refractivity contribution is -0.132. The molecule has 1 amide bonds. The molecule has 168 valence electrons. The van der Waals surface area contributed by atoms with Crippen LogP contribution in [-0.4, -0.2) is 59.8 Å². The Balaban J connectivity index is 1.46. The molecule has 0 atom stereocenters. The van der Waals surface area contributed by atoms with Crippen molar-refractivity contribution in [2.45, 2.75) is 31.1 Å². The van der Waals surface area contributed by atoms with E-state index in [1.807, 2.05) is 41.3 Å². The summed E-state index contributed by atoms with van der Waals surface area (Å²) in [6.07, 6.45) is 6.05. The van der Waals surface area contributed by atoms with Gasteiger partial charge in [0.2, 0.25) is 5.91 Å². The molecular formula is C24H28N4O4. The van der Waals surface area contributed by atoms with Gasteiger partial charge in [-0.1, -0.05) is 17.3 Å². The molecule has 1 aliphatic heterocycles. The van der Waals surface area contributed by atoms with Gasteiger partial charge in [-0.2, -0.15) is 4.98 Å². The van der Waals surface area contributed by atoms with Crippen molar-refractivity contribution in [3.63, 3.8) is 0 Å². The minimum atomic E-state index is -0.280. The van der Waals surface area contributed by atoms with Crippen molar-refractivity contribution in [3.05, 3.63) is 60.2 Å². The summed E-state index contributed by atoms with van der Waals surface area (Å²) >= 11 is 0. The molecule has 1 aromatic carbocycles. The Bertz CT molecular complexity index is 1030. The average Bonchev–Trinajstić information content (AvgIpc) is 3.35. The normalized spacial score (nSPS) is 15.5. The fourth-order valence-electron chi connectivity index (χ4n) is 4.19. The van der Waals surface area contributed by atoms with E-state index in [1.54, 1.807) is 26.6 Å². The summed E-state index contributed by atoms with van der Waals surface area (Å²) in [5.41, 5.74) is 1.51. The van der Waals surface area contributed by atoms with Crippen molar-refractivity contribution >= 4 is 5.91 Å². The van der Waals surface area contributed by atoms with Crippen molar-refractivity contribution in [1.29, 1.82) is 0 Å². The number of carbonyl (C=O) groups is 1. The number of hydrogen-bond donors (Lipinski definition) is 0. The van der Waals surface area contributed by atoms with Crippen molar-refractivity contribution < 1.29 is 18.8 Å². The monoisotopic (exact) mass is 436 g/mol. The van der Waals surface area contributed by atoms with Gasteiger partial charge in [-0.15, -0.1) is 0 Å². The number of piperidine rings is 1. The highest BCUT2D eigenvalue weighted by molar-refractivity contribution is 5.79. The predicted molar refractivity (Wildman–Crippen MR) is 118 cm³/mol. The Morgan fingerprint density at radius 3 is 2.66 bits per heavy atom.